The van der Waals surface area contributed by atoms with Crippen LogP contribution in [0.5, 0.6) is 0 Å². The number of para-hydroxylation sites is 2. The van der Waals surface area contributed by atoms with Crippen molar-refractivity contribution in [3.05, 3.63) is 47.5 Å². The Morgan fingerprint density at radius 3 is 2.73 bits per heavy atom. The number of imidazole rings is 1. The van der Waals surface area contributed by atoms with Crippen LogP contribution >= 0.6 is 11.3 Å². The van der Waals surface area contributed by atoms with Crippen LogP contribution in [0.2, 0.25) is 0 Å². The highest BCUT2D eigenvalue weighted by atomic mass is 32.1. The molecule has 0 unspecified atom stereocenters. The Morgan fingerprint density at radius 2 is 1.88 bits per heavy atom. The number of thiazole rings is 1. The highest BCUT2D eigenvalue weighted by molar-refractivity contribution is 7.16. The molecule has 2 aromatic carbocycles. The molecule has 2 heterocycles. The molecule has 1 fully saturated rings. The smallest absolute Gasteiger partial charge is 0.244 e. The first-order chi connectivity index (χ1) is 12.8. The van der Waals surface area contributed by atoms with Gasteiger partial charge in [-0.2, -0.15) is 0 Å². The summed E-state index contributed by atoms with van der Waals surface area (Å²) < 4.78 is 6.27. The van der Waals surface area contributed by atoms with E-state index >= 15 is 0 Å². The van der Waals surface area contributed by atoms with E-state index in [1.165, 1.54) is 64.8 Å². The van der Waals surface area contributed by atoms with Gasteiger partial charge < -0.3 is 0 Å². The molecule has 1 aliphatic carbocycles. The minimum Gasteiger partial charge on any atom is -0.244 e. The Morgan fingerprint density at radius 1 is 1.08 bits per heavy atom. The maximum absolute atomic E-state index is 4.75. The van der Waals surface area contributed by atoms with Crippen molar-refractivity contribution in [2.24, 2.45) is 7.05 Å². The predicted octanol–water partition coefficient (Wildman–Crippen LogP) is 5.56. The lowest BCUT2D eigenvalue weighted by Crippen LogP contribution is -2.31. The molecular formula is C22H24N3S+. The summed E-state index contributed by atoms with van der Waals surface area (Å²) in [6, 6.07) is 13.9. The molecule has 0 bridgehead atoms. The molecule has 0 radical (unpaired) electrons. The highest BCUT2D eigenvalue weighted by Crippen LogP contribution is 2.38. The van der Waals surface area contributed by atoms with E-state index in [1.807, 2.05) is 5.51 Å². The minimum atomic E-state index is 0.582. The molecular weight excluding hydrogens is 338 g/mol. The summed E-state index contributed by atoms with van der Waals surface area (Å²) in [5, 5.41) is 0. The van der Waals surface area contributed by atoms with Crippen LogP contribution in [0.15, 0.2) is 41.9 Å². The molecule has 0 aliphatic heterocycles. The SMILES string of the molecule is Cc1ccc2scnc2c1-c1n(C2CCCCC2)c2ccccc2[n+]1C. The van der Waals surface area contributed by atoms with E-state index in [4.69, 9.17) is 4.98 Å². The number of rotatable bonds is 2. The lowest BCUT2D eigenvalue weighted by atomic mass is 9.94. The summed E-state index contributed by atoms with van der Waals surface area (Å²) in [6.45, 7) is 2.22. The van der Waals surface area contributed by atoms with Gasteiger partial charge in [0.05, 0.1) is 28.3 Å². The van der Waals surface area contributed by atoms with Crippen LogP contribution in [-0.2, 0) is 7.05 Å². The van der Waals surface area contributed by atoms with E-state index in [9.17, 15) is 0 Å². The van der Waals surface area contributed by atoms with Crippen LogP contribution in [0.4, 0.5) is 0 Å². The van der Waals surface area contributed by atoms with Gasteiger partial charge in [0.1, 0.15) is 6.04 Å². The zero-order chi connectivity index (χ0) is 17.7. The molecule has 1 saturated carbocycles. The minimum absolute atomic E-state index is 0.582. The number of aromatic nitrogens is 3. The Kier molecular flexibility index (Phi) is 3.82. The molecule has 0 amide bonds. The number of hydrogen-bond acceptors (Lipinski definition) is 2. The molecule has 1 aliphatic rings. The summed E-state index contributed by atoms with van der Waals surface area (Å²) in [5.74, 6) is 1.31. The third-order valence-electron chi connectivity index (χ3n) is 5.92. The van der Waals surface area contributed by atoms with Crippen molar-refractivity contribution in [2.45, 2.75) is 45.1 Å². The van der Waals surface area contributed by atoms with Crippen LogP contribution in [0.1, 0.15) is 43.7 Å². The maximum Gasteiger partial charge on any atom is 0.292 e. The number of nitrogens with zero attached hydrogens (tertiary/aromatic N) is 3. The molecule has 4 heteroatoms. The van der Waals surface area contributed by atoms with E-state index in [0.29, 0.717) is 6.04 Å². The van der Waals surface area contributed by atoms with Crippen molar-refractivity contribution >= 4 is 32.6 Å². The van der Waals surface area contributed by atoms with Crippen molar-refractivity contribution in [1.29, 1.82) is 0 Å². The number of benzene rings is 2. The summed E-state index contributed by atoms with van der Waals surface area (Å²) >= 11 is 1.73. The zero-order valence-electron chi connectivity index (χ0n) is 15.4. The average Bonchev–Trinajstić information content (AvgIpc) is 3.26. The summed E-state index contributed by atoms with van der Waals surface area (Å²) in [6.07, 6.45) is 6.59. The number of fused-ring (bicyclic) bond motifs is 2. The fraction of sp³-hybridized carbons (Fsp3) is 0.364. The van der Waals surface area contributed by atoms with Gasteiger partial charge in [-0.05, 0) is 56.4 Å². The Balaban J connectivity index is 1.88. The number of hydrogen-bond donors (Lipinski definition) is 0. The lowest BCUT2D eigenvalue weighted by Gasteiger charge is -2.21. The van der Waals surface area contributed by atoms with Gasteiger partial charge in [-0.3, -0.25) is 0 Å². The highest BCUT2D eigenvalue weighted by Gasteiger charge is 2.32. The van der Waals surface area contributed by atoms with Crippen LogP contribution in [0.25, 0.3) is 32.6 Å². The molecule has 132 valence electrons. The molecule has 0 N–H and O–H groups in total. The van der Waals surface area contributed by atoms with Gasteiger partial charge in [-0.1, -0.05) is 24.6 Å². The second kappa shape index (κ2) is 6.20. The zero-order valence-corrected chi connectivity index (χ0v) is 16.2. The van der Waals surface area contributed by atoms with Gasteiger partial charge in [0, 0.05) is 0 Å². The molecule has 5 rings (SSSR count). The van der Waals surface area contributed by atoms with Crippen molar-refractivity contribution in [1.82, 2.24) is 9.55 Å². The maximum atomic E-state index is 4.75. The normalized spacial score (nSPS) is 15.9. The largest absolute Gasteiger partial charge is 0.292 e. The van der Waals surface area contributed by atoms with E-state index in [0.717, 1.165) is 5.52 Å². The van der Waals surface area contributed by atoms with E-state index in [1.54, 1.807) is 11.3 Å². The second-order valence-electron chi connectivity index (χ2n) is 7.49. The third kappa shape index (κ3) is 2.32. The lowest BCUT2D eigenvalue weighted by molar-refractivity contribution is -0.634. The Bertz CT molecular complexity index is 1100. The van der Waals surface area contributed by atoms with Gasteiger partial charge >= 0.3 is 0 Å². The first kappa shape index (κ1) is 16.0. The van der Waals surface area contributed by atoms with Crippen molar-refractivity contribution < 1.29 is 4.57 Å². The summed E-state index contributed by atoms with van der Waals surface area (Å²) in [5.41, 5.74) is 8.38. The fourth-order valence-corrected chi connectivity index (χ4v) is 5.34. The first-order valence-electron chi connectivity index (χ1n) is 9.58. The van der Waals surface area contributed by atoms with E-state index in [2.05, 4.69) is 59.5 Å². The standard InChI is InChI=1S/C22H24N3S/c1-15-12-13-19-21(23-14-26-19)20(15)22-24(2)17-10-6-7-11-18(17)25(22)16-8-4-3-5-9-16/h6-7,10-14,16H,3-5,8-9H2,1-2H3/q+1. The molecule has 4 aromatic rings. The van der Waals surface area contributed by atoms with E-state index < -0.39 is 0 Å². The second-order valence-corrected chi connectivity index (χ2v) is 8.38. The molecule has 0 saturated heterocycles. The Labute approximate surface area is 157 Å². The van der Waals surface area contributed by atoms with Gasteiger partial charge in [-0.15, -0.1) is 11.3 Å². The van der Waals surface area contributed by atoms with Gasteiger partial charge in [0.2, 0.25) is 0 Å². The van der Waals surface area contributed by atoms with Gasteiger partial charge in [-0.25, -0.2) is 14.1 Å². The summed E-state index contributed by atoms with van der Waals surface area (Å²) in [4.78, 5) is 4.75. The molecule has 0 atom stereocenters. The monoisotopic (exact) mass is 362 g/mol. The topological polar surface area (TPSA) is 21.7 Å². The molecule has 0 spiro atoms. The van der Waals surface area contributed by atoms with Crippen LogP contribution < -0.4 is 4.57 Å². The van der Waals surface area contributed by atoms with Gasteiger partial charge in [0.15, 0.2) is 11.0 Å². The average molecular weight is 363 g/mol. The van der Waals surface area contributed by atoms with Crippen molar-refractivity contribution in [3.63, 3.8) is 0 Å². The van der Waals surface area contributed by atoms with Crippen LogP contribution in [0, 0.1) is 6.92 Å². The molecule has 26 heavy (non-hydrogen) atoms. The quantitative estimate of drug-likeness (QED) is 0.428. The van der Waals surface area contributed by atoms with Crippen molar-refractivity contribution in [2.75, 3.05) is 0 Å². The number of aryl methyl sites for hydroxylation is 2. The third-order valence-corrected chi connectivity index (χ3v) is 6.72. The Hall–Kier alpha value is -2.20. The van der Waals surface area contributed by atoms with E-state index in [-0.39, 0.29) is 0 Å². The van der Waals surface area contributed by atoms with Crippen molar-refractivity contribution in [3.8, 4) is 11.4 Å². The fourth-order valence-electron chi connectivity index (χ4n) is 4.65. The molecule has 2 aromatic heterocycles. The van der Waals surface area contributed by atoms with Gasteiger partial charge in [0.25, 0.3) is 5.82 Å². The summed E-state index contributed by atoms with van der Waals surface area (Å²) in [7, 11) is 2.21. The predicted molar refractivity (Wildman–Crippen MR) is 109 cm³/mol. The van der Waals surface area contributed by atoms with Crippen LogP contribution in [-0.4, -0.2) is 9.55 Å². The first-order valence-corrected chi connectivity index (χ1v) is 10.5. The molecule has 3 nitrogen and oxygen atoms in total. The van der Waals surface area contributed by atoms with Crippen LogP contribution in [0.3, 0.4) is 0 Å².